The van der Waals surface area contributed by atoms with E-state index in [1.807, 2.05) is 42.5 Å². The summed E-state index contributed by atoms with van der Waals surface area (Å²) in [7, 11) is -10.0. The van der Waals surface area contributed by atoms with Crippen molar-refractivity contribution in [2.75, 3.05) is 39.6 Å². The van der Waals surface area contributed by atoms with E-state index < -0.39 is 97.5 Å². The second-order valence-electron chi connectivity index (χ2n) is 23.8. The van der Waals surface area contributed by atoms with Crippen molar-refractivity contribution < 1.29 is 80.2 Å². The predicted molar refractivity (Wildman–Crippen MR) is 417 cm³/mol. The van der Waals surface area contributed by atoms with Crippen LogP contribution in [0.3, 0.4) is 0 Å². The molecule has 0 aliphatic heterocycles. The first-order valence-corrected chi connectivity index (χ1v) is 40.3. The standard InChI is InChI=1S/C83H128O17P2/c1-5-9-13-17-21-25-29-32-35-37-38-40-43-45-49-52-56-60-64-68-80(85)93-73-78(99-82(87)69-65-61-57-53-47-28-24-20-16-12-8-4)75-97-101(89,90)95-71-77(84)72-96-102(91,92)98-76-79(100-83(88)70-66-62-58-54-50-46-41-34-31-27-23-19-15-11-7-3)74-94-81(86)67-63-59-55-51-48-44-42-39-36-33-30-26-22-18-14-10-6-2/h9-11,13-15,20-27,32-36,38,40-42,44-45,49-51,54-56,60,62,66,77-79,84H,5-8,12,16-19,28-31,37,39,43,46-48,52-53,57-59,61,63-65,67-76H2,1-4H3,(H,89,90)(H,91,92)/b13-9-,14-10-,15-11-,24-20-,25-21-,26-22-,27-23-,35-32-,36-33-,40-38-,41-34-,44-42-,49-45-,54-50-,55-51-,60-56-,66-62-. The van der Waals surface area contributed by atoms with Crippen LogP contribution in [0.25, 0.3) is 0 Å². The van der Waals surface area contributed by atoms with E-state index in [1.54, 1.807) is 12.2 Å². The Kier molecular flexibility index (Phi) is 68.4. The number of unbranched alkanes of at least 4 members (excludes halogenated alkanes) is 8. The zero-order chi connectivity index (χ0) is 74.6. The first kappa shape index (κ1) is 95.6. The van der Waals surface area contributed by atoms with Crippen molar-refractivity contribution in [3.05, 3.63) is 207 Å². The number of aliphatic hydroxyl groups is 1. The Morgan fingerprint density at radius 2 is 0.578 bits per heavy atom. The molecular weight excluding hydrogens is 1330 g/mol. The van der Waals surface area contributed by atoms with Crippen molar-refractivity contribution in [3.8, 4) is 0 Å². The average Bonchev–Trinajstić information content (AvgIpc) is 0.926. The van der Waals surface area contributed by atoms with Gasteiger partial charge >= 0.3 is 39.5 Å². The highest BCUT2D eigenvalue weighted by molar-refractivity contribution is 7.47. The van der Waals surface area contributed by atoms with E-state index in [0.29, 0.717) is 38.5 Å². The Bertz CT molecular complexity index is 2750. The summed E-state index contributed by atoms with van der Waals surface area (Å²) in [5, 5.41) is 10.6. The molecule has 102 heavy (non-hydrogen) atoms. The van der Waals surface area contributed by atoms with Gasteiger partial charge in [-0.2, -0.15) is 0 Å². The maximum absolute atomic E-state index is 13.1. The summed E-state index contributed by atoms with van der Waals surface area (Å²) in [6.07, 6.45) is 90.3. The number of allylic oxidation sites excluding steroid dienone is 33. The third-order valence-electron chi connectivity index (χ3n) is 14.3. The molecule has 0 fully saturated rings. The van der Waals surface area contributed by atoms with Crippen LogP contribution in [0.15, 0.2) is 207 Å². The summed E-state index contributed by atoms with van der Waals surface area (Å²) in [6, 6.07) is 0. The highest BCUT2D eigenvalue weighted by Gasteiger charge is 2.30. The van der Waals surface area contributed by atoms with Crippen LogP contribution in [0.1, 0.15) is 233 Å². The smallest absolute Gasteiger partial charge is 0.462 e. The van der Waals surface area contributed by atoms with Gasteiger partial charge in [0.2, 0.25) is 0 Å². The molecule has 0 aromatic rings. The van der Waals surface area contributed by atoms with Crippen LogP contribution in [0.5, 0.6) is 0 Å². The summed E-state index contributed by atoms with van der Waals surface area (Å²) in [6.45, 7) is 4.15. The molecule has 0 saturated carbocycles. The van der Waals surface area contributed by atoms with Crippen LogP contribution >= 0.6 is 15.6 Å². The third kappa shape index (κ3) is 72.0. The van der Waals surface area contributed by atoms with Gasteiger partial charge in [-0.1, -0.05) is 266 Å². The zero-order valence-electron chi connectivity index (χ0n) is 62.2. The van der Waals surface area contributed by atoms with Crippen LogP contribution in [0.2, 0.25) is 0 Å². The number of esters is 4. The summed E-state index contributed by atoms with van der Waals surface area (Å²) in [5.74, 6) is -2.53. The number of carbonyl (C=O) groups is 4. The second-order valence-corrected chi connectivity index (χ2v) is 26.7. The molecule has 0 aliphatic carbocycles. The van der Waals surface area contributed by atoms with Gasteiger partial charge in [-0.15, -0.1) is 0 Å². The maximum Gasteiger partial charge on any atom is 0.472 e. The number of phosphoric acid groups is 2. The van der Waals surface area contributed by atoms with E-state index in [1.165, 1.54) is 6.42 Å². The van der Waals surface area contributed by atoms with Gasteiger partial charge in [-0.3, -0.25) is 37.3 Å². The second kappa shape index (κ2) is 73.0. The van der Waals surface area contributed by atoms with Crippen molar-refractivity contribution in [1.82, 2.24) is 0 Å². The van der Waals surface area contributed by atoms with Crippen LogP contribution in [0, 0.1) is 0 Å². The molecule has 0 aromatic carbocycles. The lowest BCUT2D eigenvalue weighted by atomic mass is 10.1. The Hall–Kier alpha value is -6.36. The van der Waals surface area contributed by atoms with E-state index in [2.05, 4.69) is 180 Å². The van der Waals surface area contributed by atoms with Gasteiger partial charge in [0.1, 0.15) is 19.3 Å². The molecular formula is C83H128O17P2. The van der Waals surface area contributed by atoms with Gasteiger partial charge in [0.25, 0.3) is 0 Å². The predicted octanol–water partition coefficient (Wildman–Crippen LogP) is 21.5. The van der Waals surface area contributed by atoms with Gasteiger partial charge in [0, 0.05) is 19.3 Å². The lowest BCUT2D eigenvalue weighted by Gasteiger charge is -2.21. The molecule has 0 spiro atoms. The fourth-order valence-electron chi connectivity index (χ4n) is 8.69. The summed E-state index contributed by atoms with van der Waals surface area (Å²) in [5.41, 5.74) is 0. The van der Waals surface area contributed by atoms with Gasteiger partial charge in [0.15, 0.2) is 12.2 Å². The Labute approximate surface area is 614 Å². The SMILES string of the molecule is CC/C=C\C/C=C\C/C=C\C/C=C\C/C=C\C/C=C\CCC(=O)OCC(COP(=O)(O)OCC(O)COP(=O)(O)OCC(COC(=O)CCC/C=C\C/C=C\C/C=C\C/C=C\C/C=C\CC)OC(=O)C/C=C\C/C=C\C/C=C\C/C=C\C/C=C\CC)OC(=O)CCCCCCC/C=C\CCCC. The zero-order valence-corrected chi connectivity index (χ0v) is 64.0. The molecule has 0 rings (SSSR count). The van der Waals surface area contributed by atoms with Crippen molar-refractivity contribution in [1.29, 1.82) is 0 Å². The van der Waals surface area contributed by atoms with E-state index in [4.69, 9.17) is 37.0 Å². The van der Waals surface area contributed by atoms with Crippen molar-refractivity contribution >= 4 is 39.5 Å². The molecule has 0 aromatic heterocycles. The van der Waals surface area contributed by atoms with E-state index in [9.17, 15) is 43.2 Å². The Balaban J connectivity index is 5.53. The fraction of sp³-hybridized carbons (Fsp3) is 0.542. The summed E-state index contributed by atoms with van der Waals surface area (Å²) in [4.78, 5) is 72.7. The van der Waals surface area contributed by atoms with Crippen molar-refractivity contribution in [2.24, 2.45) is 0 Å². The topological polar surface area (TPSA) is 237 Å². The number of ether oxygens (including phenoxy) is 4. The Morgan fingerprint density at radius 1 is 0.294 bits per heavy atom. The van der Waals surface area contributed by atoms with Crippen LogP contribution in [-0.4, -0.2) is 96.7 Å². The largest absolute Gasteiger partial charge is 0.472 e. The third-order valence-corrected chi connectivity index (χ3v) is 16.2. The minimum absolute atomic E-state index is 0.0232. The number of hydrogen-bond donors (Lipinski definition) is 3. The molecule has 0 bridgehead atoms. The highest BCUT2D eigenvalue weighted by Crippen LogP contribution is 2.45. The van der Waals surface area contributed by atoms with E-state index >= 15 is 0 Å². The normalized spacial score (nSPS) is 15.1. The first-order chi connectivity index (χ1) is 49.7. The number of aliphatic hydroxyl groups excluding tert-OH is 1. The first-order valence-electron chi connectivity index (χ1n) is 37.3. The molecule has 17 nitrogen and oxygen atoms in total. The summed E-state index contributed by atoms with van der Waals surface area (Å²) < 4.78 is 68.1. The fourth-order valence-corrected chi connectivity index (χ4v) is 10.3. The number of phosphoric ester groups is 2. The molecule has 0 aliphatic rings. The monoisotopic (exact) mass is 1460 g/mol. The molecule has 0 heterocycles. The number of carbonyl (C=O) groups excluding carboxylic acids is 4. The minimum atomic E-state index is -5.03. The molecule has 5 unspecified atom stereocenters. The molecule has 19 heteroatoms. The number of rotatable bonds is 67. The highest BCUT2D eigenvalue weighted by atomic mass is 31.2. The molecule has 3 N–H and O–H groups in total. The molecule has 0 saturated heterocycles. The van der Waals surface area contributed by atoms with Gasteiger partial charge in [-0.05, 0) is 148 Å². The van der Waals surface area contributed by atoms with Gasteiger partial charge < -0.3 is 33.8 Å². The van der Waals surface area contributed by atoms with Crippen LogP contribution < -0.4 is 0 Å². The van der Waals surface area contributed by atoms with Crippen LogP contribution in [0.4, 0.5) is 0 Å². The lowest BCUT2D eigenvalue weighted by molar-refractivity contribution is -0.161. The van der Waals surface area contributed by atoms with E-state index in [-0.39, 0.29) is 25.7 Å². The van der Waals surface area contributed by atoms with Crippen molar-refractivity contribution in [2.45, 2.75) is 251 Å². The Morgan fingerprint density at radius 3 is 0.971 bits per heavy atom. The molecule has 5 atom stereocenters. The summed E-state index contributed by atoms with van der Waals surface area (Å²) >= 11 is 0. The molecule has 0 radical (unpaired) electrons. The average molecular weight is 1460 g/mol. The van der Waals surface area contributed by atoms with Gasteiger partial charge in [0.05, 0.1) is 32.8 Å². The molecule has 0 amide bonds. The van der Waals surface area contributed by atoms with Crippen molar-refractivity contribution in [3.63, 3.8) is 0 Å². The lowest BCUT2D eigenvalue weighted by Crippen LogP contribution is -2.30. The van der Waals surface area contributed by atoms with E-state index in [0.717, 1.165) is 135 Å². The maximum atomic E-state index is 13.1. The van der Waals surface area contributed by atoms with Gasteiger partial charge in [-0.25, -0.2) is 9.13 Å². The minimum Gasteiger partial charge on any atom is -0.462 e. The van der Waals surface area contributed by atoms with Crippen LogP contribution in [-0.2, 0) is 65.4 Å². The number of hydrogen-bond acceptors (Lipinski definition) is 15. The molecule has 572 valence electrons. The quantitative estimate of drug-likeness (QED) is 0.0169.